The highest BCUT2D eigenvalue weighted by molar-refractivity contribution is 5.69. The van der Waals surface area contributed by atoms with Crippen molar-refractivity contribution in [2.24, 2.45) is 5.73 Å². The fraction of sp³-hybridized carbons (Fsp3) is 0.833. The molecule has 1 atom stereocenters. The smallest absolute Gasteiger partial charge is 0.409 e. The topological polar surface area (TPSA) is 75.8 Å². The van der Waals surface area contributed by atoms with Gasteiger partial charge in [0.2, 0.25) is 0 Å². The molecule has 0 radical (unpaired) electrons. The van der Waals surface area contributed by atoms with E-state index < -0.39 is 0 Å². The molecule has 0 aromatic rings. The summed E-state index contributed by atoms with van der Waals surface area (Å²) < 4.78 is 4.66. The van der Waals surface area contributed by atoms with Crippen LogP contribution in [0.15, 0.2) is 0 Å². The van der Waals surface area contributed by atoms with Crippen LogP contribution in [0.2, 0.25) is 0 Å². The van der Waals surface area contributed by atoms with Crippen molar-refractivity contribution in [3.8, 4) is 0 Å². The molecule has 64 valence electrons. The van der Waals surface area contributed by atoms with Crippen molar-refractivity contribution < 1.29 is 14.6 Å². The van der Waals surface area contributed by atoms with Gasteiger partial charge in [0.15, 0.2) is 0 Å². The maximum absolute atomic E-state index is 10.8. The fourth-order valence-corrected chi connectivity index (χ4v) is 0.932. The number of cyclic esters (lactones) is 1. The average molecular weight is 160 g/mol. The van der Waals surface area contributed by atoms with Crippen molar-refractivity contribution in [3.63, 3.8) is 0 Å². The first-order valence-electron chi connectivity index (χ1n) is 3.52. The number of carbonyl (C=O) groups is 1. The van der Waals surface area contributed by atoms with Crippen molar-refractivity contribution in [2.45, 2.75) is 6.04 Å². The van der Waals surface area contributed by atoms with Crippen LogP contribution in [0.1, 0.15) is 0 Å². The van der Waals surface area contributed by atoms with Crippen molar-refractivity contribution in [1.82, 2.24) is 4.90 Å². The normalized spacial score (nSPS) is 20.2. The molecule has 1 fully saturated rings. The van der Waals surface area contributed by atoms with Crippen molar-refractivity contribution >= 4 is 6.09 Å². The Morgan fingerprint density at radius 3 is 3.00 bits per heavy atom. The van der Waals surface area contributed by atoms with Crippen LogP contribution in [0.3, 0.4) is 0 Å². The summed E-state index contributed by atoms with van der Waals surface area (Å²) >= 11 is 0. The first-order valence-corrected chi connectivity index (χ1v) is 3.52. The van der Waals surface area contributed by atoms with Gasteiger partial charge in [-0.1, -0.05) is 0 Å². The van der Waals surface area contributed by atoms with E-state index >= 15 is 0 Å². The summed E-state index contributed by atoms with van der Waals surface area (Å²) in [6.45, 7) is 1.27. The van der Waals surface area contributed by atoms with Gasteiger partial charge in [-0.15, -0.1) is 0 Å². The number of hydrogen-bond donors (Lipinski definition) is 2. The number of aliphatic hydroxyl groups is 1. The van der Waals surface area contributed by atoms with Gasteiger partial charge < -0.3 is 20.5 Å². The first kappa shape index (κ1) is 8.29. The Morgan fingerprint density at radius 2 is 2.55 bits per heavy atom. The Labute approximate surface area is 64.7 Å². The molecule has 5 nitrogen and oxygen atoms in total. The highest BCUT2D eigenvalue weighted by atomic mass is 16.6. The SMILES string of the molecule is NC(CO)CN1CCOC1=O. The van der Waals surface area contributed by atoms with E-state index in [1.165, 1.54) is 4.90 Å². The van der Waals surface area contributed by atoms with Gasteiger partial charge in [-0.25, -0.2) is 4.79 Å². The van der Waals surface area contributed by atoms with Gasteiger partial charge in [0.25, 0.3) is 0 Å². The number of aliphatic hydroxyl groups excluding tert-OH is 1. The Morgan fingerprint density at radius 1 is 1.82 bits per heavy atom. The van der Waals surface area contributed by atoms with E-state index in [2.05, 4.69) is 4.74 Å². The van der Waals surface area contributed by atoms with Crippen LogP contribution in [0, 0.1) is 0 Å². The molecule has 1 saturated heterocycles. The second-order valence-electron chi connectivity index (χ2n) is 2.50. The summed E-state index contributed by atoms with van der Waals surface area (Å²) in [5.74, 6) is 0. The molecule has 1 unspecified atom stereocenters. The Hall–Kier alpha value is -0.810. The summed E-state index contributed by atoms with van der Waals surface area (Å²) in [6.07, 6.45) is -0.339. The highest BCUT2D eigenvalue weighted by Gasteiger charge is 2.22. The molecule has 5 heteroatoms. The molecule has 1 rings (SSSR count). The second kappa shape index (κ2) is 3.54. The number of nitrogens with zero attached hydrogens (tertiary/aromatic N) is 1. The second-order valence-corrected chi connectivity index (χ2v) is 2.50. The number of ether oxygens (including phenoxy) is 1. The van der Waals surface area contributed by atoms with Crippen molar-refractivity contribution in [3.05, 3.63) is 0 Å². The van der Waals surface area contributed by atoms with Gasteiger partial charge >= 0.3 is 6.09 Å². The predicted molar refractivity (Wildman–Crippen MR) is 38.0 cm³/mol. The summed E-state index contributed by atoms with van der Waals surface area (Å²) in [5.41, 5.74) is 5.42. The number of rotatable bonds is 3. The van der Waals surface area contributed by atoms with Gasteiger partial charge in [-0.05, 0) is 0 Å². The third-order valence-corrected chi connectivity index (χ3v) is 1.53. The number of amides is 1. The minimum absolute atomic E-state index is 0.107. The fourth-order valence-electron chi connectivity index (χ4n) is 0.932. The molecule has 1 heterocycles. The first-order chi connectivity index (χ1) is 5.24. The highest BCUT2D eigenvalue weighted by Crippen LogP contribution is 2.02. The third kappa shape index (κ3) is 2.06. The summed E-state index contributed by atoms with van der Waals surface area (Å²) in [6, 6.07) is -0.361. The molecule has 0 spiro atoms. The van der Waals surface area contributed by atoms with Gasteiger partial charge in [0.05, 0.1) is 13.2 Å². The number of carbonyl (C=O) groups excluding carboxylic acids is 1. The van der Waals surface area contributed by atoms with E-state index in [1.807, 2.05) is 0 Å². The van der Waals surface area contributed by atoms with Crippen molar-refractivity contribution in [2.75, 3.05) is 26.3 Å². The molecule has 1 amide bonds. The number of nitrogens with two attached hydrogens (primary N) is 1. The Balaban J connectivity index is 2.30. The monoisotopic (exact) mass is 160 g/mol. The molecule has 0 aromatic heterocycles. The summed E-state index contributed by atoms with van der Waals surface area (Å²) in [5, 5.41) is 8.58. The van der Waals surface area contributed by atoms with E-state index in [1.54, 1.807) is 0 Å². The van der Waals surface area contributed by atoms with Crippen LogP contribution in [0.25, 0.3) is 0 Å². The Bertz CT molecular complexity index is 151. The van der Waals surface area contributed by atoms with E-state index in [9.17, 15) is 4.79 Å². The molecular formula is C6H12N2O3. The quantitative estimate of drug-likeness (QED) is 0.541. The van der Waals surface area contributed by atoms with Crippen LogP contribution < -0.4 is 5.73 Å². The molecular weight excluding hydrogens is 148 g/mol. The molecule has 11 heavy (non-hydrogen) atoms. The predicted octanol–water partition coefficient (Wildman–Crippen LogP) is -1.24. The van der Waals surface area contributed by atoms with Gasteiger partial charge in [-0.3, -0.25) is 0 Å². The van der Waals surface area contributed by atoms with Gasteiger partial charge in [0.1, 0.15) is 6.61 Å². The Kier molecular flexibility index (Phi) is 2.67. The lowest BCUT2D eigenvalue weighted by Crippen LogP contribution is -2.40. The van der Waals surface area contributed by atoms with Crippen LogP contribution in [0.4, 0.5) is 4.79 Å². The van der Waals surface area contributed by atoms with E-state index in [0.29, 0.717) is 19.7 Å². The van der Waals surface area contributed by atoms with Crippen LogP contribution in [-0.4, -0.2) is 48.4 Å². The van der Waals surface area contributed by atoms with Gasteiger partial charge in [0, 0.05) is 12.6 Å². The zero-order valence-corrected chi connectivity index (χ0v) is 6.19. The van der Waals surface area contributed by atoms with Crippen LogP contribution >= 0.6 is 0 Å². The van der Waals surface area contributed by atoms with Crippen LogP contribution in [-0.2, 0) is 4.74 Å². The standard InChI is InChI=1S/C6H12N2O3/c7-5(4-9)3-8-1-2-11-6(8)10/h5,9H,1-4,7H2. The van der Waals surface area contributed by atoms with E-state index in [4.69, 9.17) is 10.8 Å². The minimum atomic E-state index is -0.361. The molecule has 3 N–H and O–H groups in total. The van der Waals surface area contributed by atoms with E-state index in [-0.39, 0.29) is 18.7 Å². The van der Waals surface area contributed by atoms with Gasteiger partial charge in [-0.2, -0.15) is 0 Å². The average Bonchev–Trinajstić information content (AvgIpc) is 2.37. The maximum Gasteiger partial charge on any atom is 0.409 e. The minimum Gasteiger partial charge on any atom is -0.448 e. The van der Waals surface area contributed by atoms with E-state index in [0.717, 1.165) is 0 Å². The number of hydrogen-bond acceptors (Lipinski definition) is 4. The molecule has 0 aliphatic carbocycles. The zero-order valence-electron chi connectivity index (χ0n) is 6.19. The lowest BCUT2D eigenvalue weighted by Gasteiger charge is -2.15. The maximum atomic E-state index is 10.8. The molecule has 0 aromatic carbocycles. The third-order valence-electron chi connectivity index (χ3n) is 1.53. The molecule has 0 bridgehead atoms. The zero-order chi connectivity index (χ0) is 8.27. The van der Waals surface area contributed by atoms with Crippen LogP contribution in [0.5, 0.6) is 0 Å². The molecule has 1 aliphatic heterocycles. The molecule has 1 aliphatic rings. The molecule has 0 saturated carbocycles. The lowest BCUT2D eigenvalue weighted by atomic mass is 10.3. The van der Waals surface area contributed by atoms with Crippen molar-refractivity contribution in [1.29, 1.82) is 0 Å². The lowest BCUT2D eigenvalue weighted by molar-refractivity contribution is 0.153. The summed E-state index contributed by atoms with van der Waals surface area (Å²) in [7, 11) is 0. The largest absolute Gasteiger partial charge is 0.448 e. The summed E-state index contributed by atoms with van der Waals surface area (Å²) in [4.78, 5) is 12.3.